The van der Waals surface area contributed by atoms with Gasteiger partial charge in [-0.1, -0.05) is 0 Å². The Hall–Kier alpha value is -1.04. The largest absolute Gasteiger partial charge is 0.475 e. The van der Waals surface area contributed by atoms with Crippen LogP contribution in [0.1, 0.15) is 13.8 Å². The number of carbonyl (C=O) groups is 3. The zero-order chi connectivity index (χ0) is 11.1. The van der Waals surface area contributed by atoms with Gasteiger partial charge in [0.2, 0.25) is 5.78 Å². The SMILES string of the molecule is CCOC(=O)C(C)SCC(=O)C(=O)O. The molecule has 0 aliphatic heterocycles. The van der Waals surface area contributed by atoms with Crippen LogP contribution in [-0.4, -0.2) is 40.4 Å². The number of ether oxygens (including phenoxy) is 1. The lowest BCUT2D eigenvalue weighted by Crippen LogP contribution is -2.21. The third-order valence-electron chi connectivity index (χ3n) is 1.32. The molecule has 0 spiro atoms. The van der Waals surface area contributed by atoms with E-state index in [2.05, 4.69) is 4.74 Å². The second kappa shape index (κ2) is 6.42. The summed E-state index contributed by atoms with van der Waals surface area (Å²) in [6.45, 7) is 3.52. The standard InChI is InChI=1S/C8H12O5S/c1-3-13-8(12)5(2)14-4-6(9)7(10)11/h5H,3-4H2,1-2H3,(H,10,11). The molecule has 0 aliphatic carbocycles. The maximum atomic E-state index is 11.0. The Kier molecular flexibility index (Phi) is 5.94. The van der Waals surface area contributed by atoms with E-state index in [9.17, 15) is 14.4 Å². The van der Waals surface area contributed by atoms with Crippen LogP contribution in [0.25, 0.3) is 0 Å². The molecule has 0 saturated heterocycles. The van der Waals surface area contributed by atoms with Crippen LogP contribution in [0.4, 0.5) is 0 Å². The van der Waals surface area contributed by atoms with Crippen molar-refractivity contribution in [3.8, 4) is 0 Å². The highest BCUT2D eigenvalue weighted by Crippen LogP contribution is 2.11. The Bertz CT molecular complexity index is 238. The van der Waals surface area contributed by atoms with Gasteiger partial charge in [0.1, 0.15) is 5.25 Å². The molecule has 80 valence electrons. The number of carbonyl (C=O) groups excluding carboxylic acids is 2. The lowest BCUT2D eigenvalue weighted by molar-refractivity contribution is -0.147. The lowest BCUT2D eigenvalue weighted by atomic mass is 10.5. The second-order valence-corrected chi connectivity index (χ2v) is 3.76. The van der Waals surface area contributed by atoms with Gasteiger partial charge in [-0.2, -0.15) is 0 Å². The minimum atomic E-state index is -1.48. The van der Waals surface area contributed by atoms with E-state index in [1.807, 2.05) is 0 Å². The van der Waals surface area contributed by atoms with Gasteiger partial charge in [0.25, 0.3) is 0 Å². The fourth-order valence-electron chi connectivity index (χ4n) is 0.590. The summed E-state index contributed by atoms with van der Waals surface area (Å²) in [6, 6.07) is 0. The van der Waals surface area contributed by atoms with Gasteiger partial charge < -0.3 is 9.84 Å². The fraction of sp³-hybridized carbons (Fsp3) is 0.625. The average Bonchev–Trinajstić information content (AvgIpc) is 2.13. The fourth-order valence-corrected chi connectivity index (χ4v) is 1.32. The van der Waals surface area contributed by atoms with Crippen molar-refractivity contribution in [1.82, 2.24) is 0 Å². The van der Waals surface area contributed by atoms with E-state index in [0.717, 1.165) is 11.8 Å². The van der Waals surface area contributed by atoms with Gasteiger partial charge >= 0.3 is 11.9 Å². The van der Waals surface area contributed by atoms with Gasteiger partial charge in [-0.25, -0.2) is 4.79 Å². The maximum Gasteiger partial charge on any atom is 0.373 e. The van der Waals surface area contributed by atoms with E-state index in [0.29, 0.717) is 0 Å². The van der Waals surface area contributed by atoms with Gasteiger partial charge in [0, 0.05) is 0 Å². The highest BCUT2D eigenvalue weighted by molar-refractivity contribution is 8.01. The van der Waals surface area contributed by atoms with Gasteiger partial charge in [-0.15, -0.1) is 11.8 Å². The molecule has 1 N–H and O–H groups in total. The first kappa shape index (κ1) is 13.0. The van der Waals surface area contributed by atoms with Crippen molar-refractivity contribution in [2.75, 3.05) is 12.4 Å². The number of hydrogen-bond acceptors (Lipinski definition) is 5. The molecule has 0 fully saturated rings. The number of ketones is 1. The van der Waals surface area contributed by atoms with E-state index in [4.69, 9.17) is 5.11 Å². The first-order chi connectivity index (χ1) is 6.49. The van der Waals surface area contributed by atoms with Gasteiger partial charge in [-0.05, 0) is 13.8 Å². The maximum absolute atomic E-state index is 11.0. The van der Waals surface area contributed by atoms with Crippen molar-refractivity contribution in [1.29, 1.82) is 0 Å². The minimum Gasteiger partial charge on any atom is -0.475 e. The summed E-state index contributed by atoms with van der Waals surface area (Å²) in [5, 5.41) is 7.74. The molecule has 0 aromatic heterocycles. The minimum absolute atomic E-state index is 0.213. The molecule has 5 nitrogen and oxygen atoms in total. The van der Waals surface area contributed by atoms with Gasteiger partial charge in [-0.3, -0.25) is 9.59 Å². The number of carboxylic acid groups (broad SMARTS) is 1. The number of hydrogen-bond donors (Lipinski definition) is 1. The summed E-state index contributed by atoms with van der Waals surface area (Å²) < 4.78 is 4.68. The molecule has 1 unspecified atom stereocenters. The Morgan fingerprint density at radius 2 is 2.00 bits per heavy atom. The van der Waals surface area contributed by atoms with E-state index in [1.54, 1.807) is 13.8 Å². The summed E-state index contributed by atoms with van der Waals surface area (Å²) in [5.41, 5.74) is 0. The van der Waals surface area contributed by atoms with Crippen LogP contribution >= 0.6 is 11.8 Å². The quantitative estimate of drug-likeness (QED) is 0.513. The molecule has 0 aliphatic rings. The summed E-state index contributed by atoms with van der Waals surface area (Å²) in [7, 11) is 0. The Morgan fingerprint density at radius 3 is 2.43 bits per heavy atom. The van der Waals surface area contributed by atoms with Crippen molar-refractivity contribution < 1.29 is 24.2 Å². The summed E-state index contributed by atoms with van der Waals surface area (Å²) in [4.78, 5) is 31.8. The average molecular weight is 220 g/mol. The molecule has 1 atom stereocenters. The zero-order valence-corrected chi connectivity index (χ0v) is 8.80. The van der Waals surface area contributed by atoms with Crippen LogP contribution in [0.5, 0.6) is 0 Å². The molecule has 0 radical (unpaired) electrons. The van der Waals surface area contributed by atoms with E-state index < -0.39 is 23.0 Å². The van der Waals surface area contributed by atoms with Gasteiger partial charge in [0.05, 0.1) is 12.4 Å². The molecule has 0 heterocycles. The van der Waals surface area contributed by atoms with Crippen LogP contribution in [0.3, 0.4) is 0 Å². The predicted octanol–water partition coefficient (Wildman–Crippen LogP) is 0.325. The van der Waals surface area contributed by atoms with Crippen LogP contribution in [0.2, 0.25) is 0 Å². The highest BCUT2D eigenvalue weighted by atomic mass is 32.2. The topological polar surface area (TPSA) is 80.7 Å². The highest BCUT2D eigenvalue weighted by Gasteiger charge is 2.18. The van der Waals surface area contributed by atoms with Crippen molar-refractivity contribution in [3.63, 3.8) is 0 Å². The third-order valence-corrected chi connectivity index (χ3v) is 2.44. The Balaban J connectivity index is 3.84. The molecule has 0 aromatic rings. The first-order valence-electron chi connectivity index (χ1n) is 4.03. The molecule has 0 rings (SSSR count). The van der Waals surface area contributed by atoms with Crippen LogP contribution in [0.15, 0.2) is 0 Å². The monoisotopic (exact) mass is 220 g/mol. The van der Waals surface area contributed by atoms with Crippen LogP contribution in [0, 0.1) is 0 Å². The van der Waals surface area contributed by atoms with E-state index in [-0.39, 0.29) is 12.4 Å². The number of aliphatic carboxylic acids is 1. The Labute approximate surface area is 85.8 Å². The first-order valence-corrected chi connectivity index (χ1v) is 5.08. The zero-order valence-electron chi connectivity index (χ0n) is 7.98. The number of carboxylic acids is 1. The summed E-state index contributed by atoms with van der Waals surface area (Å²) in [6.07, 6.45) is 0. The summed E-state index contributed by atoms with van der Waals surface area (Å²) >= 11 is 0.956. The number of Topliss-reactive ketones (excluding diaryl/α,β-unsaturated/α-hetero) is 1. The molecule has 0 saturated carbocycles. The van der Waals surface area contributed by atoms with Gasteiger partial charge in [0.15, 0.2) is 0 Å². The molecule has 0 aromatic carbocycles. The van der Waals surface area contributed by atoms with Crippen molar-refractivity contribution >= 4 is 29.5 Å². The molecular weight excluding hydrogens is 208 g/mol. The predicted molar refractivity (Wildman–Crippen MR) is 51.2 cm³/mol. The third kappa shape index (κ3) is 4.86. The van der Waals surface area contributed by atoms with E-state index >= 15 is 0 Å². The smallest absolute Gasteiger partial charge is 0.373 e. The summed E-state index contributed by atoms with van der Waals surface area (Å²) in [5.74, 6) is -3.04. The number of thioether (sulfide) groups is 1. The normalized spacial score (nSPS) is 11.9. The second-order valence-electron chi connectivity index (χ2n) is 2.43. The van der Waals surface area contributed by atoms with E-state index in [1.165, 1.54) is 0 Å². The van der Waals surface area contributed by atoms with Crippen LogP contribution < -0.4 is 0 Å². The number of rotatable bonds is 6. The molecule has 0 bridgehead atoms. The van der Waals surface area contributed by atoms with Crippen molar-refractivity contribution in [3.05, 3.63) is 0 Å². The Morgan fingerprint density at radius 1 is 1.43 bits per heavy atom. The molecule has 14 heavy (non-hydrogen) atoms. The number of esters is 1. The van der Waals surface area contributed by atoms with Crippen molar-refractivity contribution in [2.45, 2.75) is 19.1 Å². The van der Waals surface area contributed by atoms with Crippen LogP contribution in [-0.2, 0) is 19.1 Å². The molecule has 0 amide bonds. The lowest BCUT2D eigenvalue weighted by Gasteiger charge is -2.08. The van der Waals surface area contributed by atoms with Crippen molar-refractivity contribution in [2.24, 2.45) is 0 Å². The molecular formula is C8H12O5S. The molecule has 6 heteroatoms.